The molecule has 0 aliphatic heterocycles. The summed E-state index contributed by atoms with van der Waals surface area (Å²) < 4.78 is 0. The lowest BCUT2D eigenvalue weighted by Crippen LogP contribution is -2.34. The lowest BCUT2D eigenvalue weighted by atomic mass is 10.1. The van der Waals surface area contributed by atoms with E-state index in [0.29, 0.717) is 0 Å². The summed E-state index contributed by atoms with van der Waals surface area (Å²) in [4.78, 5) is 2.39. The maximum atomic E-state index is 5.60. The van der Waals surface area contributed by atoms with Crippen LogP contribution in [0.3, 0.4) is 0 Å². The normalized spacial score (nSPS) is 10.8. The van der Waals surface area contributed by atoms with Gasteiger partial charge < -0.3 is 16.4 Å². The smallest absolute Gasteiger partial charge is 0.0105 e. The second-order valence-electron chi connectivity index (χ2n) is 5.60. The lowest BCUT2D eigenvalue weighted by molar-refractivity contribution is 0.281. The van der Waals surface area contributed by atoms with Crippen LogP contribution >= 0.6 is 12.4 Å². The molecule has 20 heavy (non-hydrogen) atoms. The van der Waals surface area contributed by atoms with Crippen LogP contribution in [0.15, 0.2) is 0 Å². The van der Waals surface area contributed by atoms with Gasteiger partial charge in [0.25, 0.3) is 0 Å². The predicted molar refractivity (Wildman–Crippen MR) is 93.6 cm³/mol. The molecule has 0 saturated heterocycles. The van der Waals surface area contributed by atoms with Crippen molar-refractivity contribution in [2.75, 3.05) is 32.7 Å². The zero-order valence-electron chi connectivity index (χ0n) is 13.6. The summed E-state index contributed by atoms with van der Waals surface area (Å²) in [5.41, 5.74) is 11.2. The van der Waals surface area contributed by atoms with Crippen LogP contribution in [0.25, 0.3) is 0 Å². The van der Waals surface area contributed by atoms with Gasteiger partial charge in [-0.1, -0.05) is 64.7 Å². The maximum Gasteiger partial charge on any atom is 0.0105 e. The Balaban J connectivity index is 0. The van der Waals surface area contributed by atoms with Crippen molar-refractivity contribution in [2.45, 2.75) is 71.1 Å². The van der Waals surface area contributed by atoms with Gasteiger partial charge in [-0.25, -0.2) is 0 Å². The quantitative estimate of drug-likeness (QED) is 0.455. The Kier molecular flexibility index (Phi) is 21.5. The largest absolute Gasteiger partial charge is 0.329 e. The number of halogens is 1. The first-order chi connectivity index (χ1) is 9.35. The Labute approximate surface area is 133 Å². The summed E-state index contributed by atoms with van der Waals surface area (Å²) in [6.45, 7) is 6.93. The van der Waals surface area contributed by atoms with Crippen LogP contribution in [-0.2, 0) is 0 Å². The number of unbranched alkanes of at least 4 members (excludes halogenated alkanes) is 9. The molecule has 4 heteroatoms. The van der Waals surface area contributed by atoms with Gasteiger partial charge in [-0.15, -0.1) is 12.4 Å². The Bertz CT molecular complexity index is 162. The molecule has 0 aliphatic rings. The Morgan fingerprint density at radius 2 is 1.00 bits per heavy atom. The third-order valence-electron chi connectivity index (χ3n) is 3.72. The van der Waals surface area contributed by atoms with Gasteiger partial charge in [0.05, 0.1) is 0 Å². The summed E-state index contributed by atoms with van der Waals surface area (Å²) in [7, 11) is 0. The highest BCUT2D eigenvalue weighted by Gasteiger charge is 2.01. The van der Waals surface area contributed by atoms with Crippen LogP contribution in [0.5, 0.6) is 0 Å². The highest BCUT2D eigenvalue weighted by Crippen LogP contribution is 2.10. The van der Waals surface area contributed by atoms with Gasteiger partial charge in [-0.3, -0.25) is 0 Å². The van der Waals surface area contributed by atoms with Crippen molar-refractivity contribution < 1.29 is 0 Å². The summed E-state index contributed by atoms with van der Waals surface area (Å²) in [5, 5.41) is 0. The van der Waals surface area contributed by atoms with Gasteiger partial charge in [0, 0.05) is 26.2 Å². The fourth-order valence-corrected chi connectivity index (χ4v) is 2.52. The Morgan fingerprint density at radius 3 is 1.40 bits per heavy atom. The molecule has 0 radical (unpaired) electrons. The number of hydrogen-bond donors (Lipinski definition) is 2. The van der Waals surface area contributed by atoms with Crippen LogP contribution in [-0.4, -0.2) is 37.6 Å². The second kappa shape index (κ2) is 19.2. The fraction of sp³-hybridized carbons (Fsp3) is 1.00. The molecule has 0 unspecified atom stereocenters. The first-order valence-corrected chi connectivity index (χ1v) is 8.47. The molecule has 4 N–H and O–H groups in total. The van der Waals surface area contributed by atoms with E-state index in [0.717, 1.165) is 26.2 Å². The monoisotopic (exact) mass is 307 g/mol. The third kappa shape index (κ3) is 16.2. The highest BCUT2D eigenvalue weighted by atomic mass is 35.5. The van der Waals surface area contributed by atoms with E-state index in [1.807, 2.05) is 0 Å². The van der Waals surface area contributed by atoms with Crippen molar-refractivity contribution in [3.63, 3.8) is 0 Å². The van der Waals surface area contributed by atoms with Crippen LogP contribution in [0, 0.1) is 0 Å². The van der Waals surface area contributed by atoms with E-state index < -0.39 is 0 Å². The molecule has 0 aromatic rings. The van der Waals surface area contributed by atoms with Gasteiger partial charge in [0.1, 0.15) is 0 Å². The van der Waals surface area contributed by atoms with Crippen LogP contribution in [0.4, 0.5) is 0 Å². The molecular weight excluding hydrogens is 270 g/mol. The van der Waals surface area contributed by atoms with E-state index in [4.69, 9.17) is 11.5 Å². The van der Waals surface area contributed by atoms with E-state index in [9.17, 15) is 0 Å². The topological polar surface area (TPSA) is 55.3 Å². The predicted octanol–water partition coefficient (Wildman–Crippen LogP) is 3.55. The summed E-state index contributed by atoms with van der Waals surface area (Å²) in [5.74, 6) is 0. The van der Waals surface area contributed by atoms with Crippen molar-refractivity contribution in [3.8, 4) is 0 Å². The van der Waals surface area contributed by atoms with Crippen LogP contribution < -0.4 is 11.5 Å². The third-order valence-corrected chi connectivity index (χ3v) is 3.72. The van der Waals surface area contributed by atoms with Crippen molar-refractivity contribution >= 4 is 12.4 Å². The van der Waals surface area contributed by atoms with Crippen molar-refractivity contribution in [1.82, 2.24) is 4.90 Å². The molecule has 0 atom stereocenters. The molecule has 0 rings (SSSR count). The Morgan fingerprint density at radius 1 is 0.600 bits per heavy atom. The molecule has 0 aromatic heterocycles. The molecule has 0 amide bonds. The fourth-order valence-electron chi connectivity index (χ4n) is 2.52. The van der Waals surface area contributed by atoms with Gasteiger partial charge >= 0.3 is 0 Å². The Hall–Kier alpha value is 0.170. The summed E-state index contributed by atoms with van der Waals surface area (Å²) in [6, 6.07) is 0. The highest BCUT2D eigenvalue weighted by molar-refractivity contribution is 5.85. The first-order valence-electron chi connectivity index (χ1n) is 8.47. The number of rotatable bonds is 15. The molecule has 0 heterocycles. The van der Waals surface area contributed by atoms with E-state index in [2.05, 4.69) is 11.8 Å². The number of nitrogens with zero attached hydrogens (tertiary/aromatic N) is 1. The van der Waals surface area contributed by atoms with E-state index in [1.165, 1.54) is 70.8 Å². The summed E-state index contributed by atoms with van der Waals surface area (Å²) >= 11 is 0. The molecule has 0 spiro atoms. The molecule has 3 nitrogen and oxygen atoms in total. The minimum absolute atomic E-state index is 0. The van der Waals surface area contributed by atoms with Crippen molar-refractivity contribution in [2.24, 2.45) is 11.5 Å². The molecular formula is C16H38ClN3. The van der Waals surface area contributed by atoms with Gasteiger partial charge in [0.2, 0.25) is 0 Å². The van der Waals surface area contributed by atoms with Crippen molar-refractivity contribution in [3.05, 3.63) is 0 Å². The van der Waals surface area contributed by atoms with E-state index >= 15 is 0 Å². The van der Waals surface area contributed by atoms with Crippen molar-refractivity contribution in [1.29, 1.82) is 0 Å². The maximum absolute atomic E-state index is 5.60. The van der Waals surface area contributed by atoms with Gasteiger partial charge in [-0.2, -0.15) is 0 Å². The van der Waals surface area contributed by atoms with Crippen LogP contribution in [0.1, 0.15) is 71.1 Å². The van der Waals surface area contributed by atoms with Crippen LogP contribution in [0.2, 0.25) is 0 Å². The van der Waals surface area contributed by atoms with Gasteiger partial charge in [-0.05, 0) is 13.0 Å². The van der Waals surface area contributed by atoms with E-state index in [-0.39, 0.29) is 12.4 Å². The van der Waals surface area contributed by atoms with Gasteiger partial charge in [0.15, 0.2) is 0 Å². The van der Waals surface area contributed by atoms with E-state index in [1.54, 1.807) is 0 Å². The molecule has 0 fully saturated rings. The molecule has 0 bridgehead atoms. The second-order valence-corrected chi connectivity index (χ2v) is 5.60. The average Bonchev–Trinajstić information content (AvgIpc) is 2.41. The summed E-state index contributed by atoms with van der Waals surface area (Å²) in [6.07, 6.45) is 14.0. The zero-order chi connectivity index (χ0) is 14.2. The number of hydrogen-bond acceptors (Lipinski definition) is 3. The zero-order valence-corrected chi connectivity index (χ0v) is 14.4. The first kappa shape index (κ1) is 22.5. The molecule has 124 valence electrons. The SMILES string of the molecule is CCCCCCCCCCCCN(CCN)CCN.Cl. The lowest BCUT2D eigenvalue weighted by Gasteiger charge is -2.20. The molecule has 0 aliphatic carbocycles. The molecule has 0 aromatic carbocycles. The minimum Gasteiger partial charge on any atom is -0.329 e. The number of nitrogens with two attached hydrogens (primary N) is 2. The minimum atomic E-state index is 0. The average molecular weight is 308 g/mol. The standard InChI is InChI=1S/C16H37N3.ClH/c1-2-3-4-5-6-7-8-9-10-11-14-19(15-12-17)16-13-18;/h2-18H2,1H3;1H. The molecule has 0 saturated carbocycles.